The molecule has 0 N–H and O–H groups in total. The number of nitrogens with zero attached hydrogens (tertiary/aromatic N) is 3. The summed E-state index contributed by atoms with van der Waals surface area (Å²) in [6.07, 6.45) is 25.5. The van der Waals surface area contributed by atoms with Gasteiger partial charge in [0.2, 0.25) is 0 Å². The molecule has 1 aromatic rings. The van der Waals surface area contributed by atoms with Crippen LogP contribution in [0.3, 0.4) is 0 Å². The molecule has 1 rings (SSSR count). The number of imidazole rings is 1. The molecule has 0 radical (unpaired) electrons. The Bertz CT molecular complexity index is 597. The molecular weight excluding hydrogens is 370 g/mol. The fourth-order valence-electron chi connectivity index (χ4n) is 3.50. The molecule has 0 aromatic carbocycles. The van der Waals surface area contributed by atoms with Crippen LogP contribution in [0.4, 0.5) is 0 Å². The highest BCUT2D eigenvalue weighted by Gasteiger charge is 2.22. The van der Waals surface area contributed by atoms with E-state index in [1.54, 1.807) is 26.6 Å². The van der Waals surface area contributed by atoms with Crippen LogP contribution in [0.15, 0.2) is 18.7 Å². The van der Waals surface area contributed by atoms with E-state index in [1.165, 1.54) is 98.2 Å². The second kappa shape index (κ2) is 15.0. The molecule has 0 saturated heterocycles. The van der Waals surface area contributed by atoms with E-state index in [4.69, 9.17) is 0 Å². The van der Waals surface area contributed by atoms with Crippen LogP contribution in [0.1, 0.15) is 103 Å². The van der Waals surface area contributed by atoms with Crippen LogP contribution in [0.2, 0.25) is 0 Å². The highest BCUT2D eigenvalue weighted by molar-refractivity contribution is 7.87. The van der Waals surface area contributed by atoms with Gasteiger partial charge in [-0.3, -0.25) is 0 Å². The fourth-order valence-corrected chi connectivity index (χ4v) is 4.32. The van der Waals surface area contributed by atoms with Gasteiger partial charge in [0.05, 0.1) is 6.54 Å². The van der Waals surface area contributed by atoms with Crippen molar-refractivity contribution < 1.29 is 13.0 Å². The third kappa shape index (κ3) is 10.6. The fraction of sp³-hybridized carbons (Fsp3) is 0.864. The van der Waals surface area contributed by atoms with Gasteiger partial charge in [-0.05, 0) is 12.8 Å². The molecule has 0 aliphatic heterocycles. The van der Waals surface area contributed by atoms with E-state index in [9.17, 15) is 8.42 Å². The van der Waals surface area contributed by atoms with Crippen LogP contribution < -0.4 is 4.57 Å². The van der Waals surface area contributed by atoms with Crippen LogP contribution in [0, 0.1) is 0 Å². The first-order chi connectivity index (χ1) is 13.5. The Kier molecular flexibility index (Phi) is 13.5. The minimum Gasteiger partial charge on any atom is -0.236 e. The zero-order valence-electron chi connectivity index (χ0n) is 18.6. The van der Waals surface area contributed by atoms with Crippen molar-refractivity contribution in [1.29, 1.82) is 0 Å². The van der Waals surface area contributed by atoms with E-state index < -0.39 is 10.2 Å². The van der Waals surface area contributed by atoms with E-state index in [2.05, 4.69) is 6.92 Å². The number of unbranched alkanes of at least 4 members (excludes halogenated alkanes) is 14. The van der Waals surface area contributed by atoms with Gasteiger partial charge in [0, 0.05) is 14.1 Å². The van der Waals surface area contributed by atoms with Crippen molar-refractivity contribution in [3.8, 4) is 0 Å². The number of hydrogen-bond donors (Lipinski definition) is 0. The molecule has 0 aliphatic rings. The normalized spacial score (nSPS) is 12.1. The maximum Gasteiger partial charge on any atom is 0.379 e. The third-order valence-electron chi connectivity index (χ3n) is 5.41. The lowest BCUT2D eigenvalue weighted by atomic mass is 10.0. The lowest BCUT2D eigenvalue weighted by Crippen LogP contribution is -2.33. The molecule has 0 fully saturated rings. The largest absolute Gasteiger partial charge is 0.379 e. The summed E-state index contributed by atoms with van der Waals surface area (Å²) in [6, 6.07) is 0. The first-order valence-electron chi connectivity index (χ1n) is 11.5. The van der Waals surface area contributed by atoms with Gasteiger partial charge >= 0.3 is 10.2 Å². The maximum absolute atomic E-state index is 12.0. The van der Waals surface area contributed by atoms with Gasteiger partial charge in [-0.15, -0.1) is 3.97 Å². The molecule has 1 aromatic heterocycles. The van der Waals surface area contributed by atoms with E-state index in [0.717, 1.165) is 13.0 Å². The quantitative estimate of drug-likeness (QED) is 0.242. The van der Waals surface area contributed by atoms with Crippen LogP contribution in [-0.2, 0) is 16.8 Å². The Morgan fingerprint density at radius 2 is 1.18 bits per heavy atom. The minimum absolute atomic E-state index is 0.883. The number of rotatable bonds is 18. The van der Waals surface area contributed by atoms with Gasteiger partial charge in [-0.25, -0.2) is 4.57 Å². The average molecular weight is 415 g/mol. The molecule has 164 valence electrons. The summed E-state index contributed by atoms with van der Waals surface area (Å²) in [5.41, 5.74) is 0. The van der Waals surface area contributed by atoms with Gasteiger partial charge in [-0.1, -0.05) is 90.4 Å². The van der Waals surface area contributed by atoms with Crippen molar-refractivity contribution in [3.05, 3.63) is 18.7 Å². The second-order valence-corrected chi connectivity index (χ2v) is 10.3. The van der Waals surface area contributed by atoms with Crippen LogP contribution >= 0.6 is 0 Å². The zero-order chi connectivity index (χ0) is 20.7. The summed E-state index contributed by atoms with van der Waals surface area (Å²) in [7, 11) is -0.287. The molecule has 0 unspecified atom stereocenters. The summed E-state index contributed by atoms with van der Waals surface area (Å²) in [5, 5.41) is 0. The van der Waals surface area contributed by atoms with Crippen LogP contribution in [0.5, 0.6) is 0 Å². The number of hydrogen-bond acceptors (Lipinski definition) is 2. The topological polar surface area (TPSA) is 46.2 Å². The average Bonchev–Trinajstić information content (AvgIpc) is 3.14. The molecule has 1 heterocycles. The van der Waals surface area contributed by atoms with E-state index in [-0.39, 0.29) is 0 Å². The zero-order valence-corrected chi connectivity index (χ0v) is 19.4. The van der Waals surface area contributed by atoms with Crippen molar-refractivity contribution in [2.75, 3.05) is 14.1 Å². The molecule has 0 saturated carbocycles. The van der Waals surface area contributed by atoms with Crippen molar-refractivity contribution in [2.24, 2.45) is 0 Å². The Morgan fingerprint density at radius 3 is 1.61 bits per heavy atom. The first kappa shape index (κ1) is 25.2. The number of aryl methyl sites for hydroxylation is 1. The lowest BCUT2D eigenvalue weighted by Gasteiger charge is -2.05. The molecule has 0 amide bonds. The standard InChI is InChI=1S/C22H44N3O2S/c1-4-5-6-7-8-9-10-11-12-13-14-15-16-17-18-19-24-20-21-25(22-24)28(26,27)23(2)3/h20-22H,4-19H2,1-3H3/q+1. The summed E-state index contributed by atoms with van der Waals surface area (Å²) < 4.78 is 28.5. The monoisotopic (exact) mass is 414 g/mol. The Balaban J connectivity index is 1.93. The molecular formula is C22H44N3O2S+. The summed E-state index contributed by atoms with van der Waals surface area (Å²) >= 11 is 0. The van der Waals surface area contributed by atoms with E-state index in [0.29, 0.717) is 0 Å². The smallest absolute Gasteiger partial charge is 0.236 e. The maximum atomic E-state index is 12.0. The molecule has 5 nitrogen and oxygen atoms in total. The van der Waals surface area contributed by atoms with Gasteiger partial charge in [0.15, 0.2) is 0 Å². The van der Waals surface area contributed by atoms with Crippen molar-refractivity contribution in [3.63, 3.8) is 0 Å². The molecule has 0 aliphatic carbocycles. The summed E-state index contributed by atoms with van der Waals surface area (Å²) in [4.78, 5) is 0. The molecule has 6 heteroatoms. The van der Waals surface area contributed by atoms with Gasteiger partial charge in [0.1, 0.15) is 12.4 Å². The van der Waals surface area contributed by atoms with Gasteiger partial charge < -0.3 is 0 Å². The van der Waals surface area contributed by atoms with Crippen LogP contribution in [0.25, 0.3) is 0 Å². The van der Waals surface area contributed by atoms with Crippen molar-refractivity contribution in [1.82, 2.24) is 8.28 Å². The SMILES string of the molecule is CCCCCCCCCCCCCCCCC[n+]1ccn(S(=O)(=O)N(C)C)c1. The van der Waals surface area contributed by atoms with Crippen molar-refractivity contribution in [2.45, 2.75) is 110 Å². The third-order valence-corrected chi connectivity index (χ3v) is 7.09. The molecule has 0 bridgehead atoms. The Labute approximate surface area is 174 Å². The highest BCUT2D eigenvalue weighted by Crippen LogP contribution is 2.13. The predicted molar refractivity (Wildman–Crippen MR) is 118 cm³/mol. The first-order valence-corrected chi connectivity index (χ1v) is 12.9. The minimum atomic E-state index is -3.39. The second-order valence-electron chi connectivity index (χ2n) is 8.22. The molecule has 28 heavy (non-hydrogen) atoms. The molecule has 0 spiro atoms. The number of aromatic nitrogens is 2. The van der Waals surface area contributed by atoms with E-state index >= 15 is 0 Å². The highest BCUT2D eigenvalue weighted by atomic mass is 32.2. The van der Waals surface area contributed by atoms with Crippen molar-refractivity contribution >= 4 is 10.2 Å². The van der Waals surface area contributed by atoms with E-state index in [1.807, 2.05) is 10.8 Å². The van der Waals surface area contributed by atoms with Gasteiger partial charge in [-0.2, -0.15) is 12.7 Å². The van der Waals surface area contributed by atoms with Gasteiger partial charge in [0.25, 0.3) is 6.33 Å². The summed E-state index contributed by atoms with van der Waals surface area (Å²) in [5.74, 6) is 0. The summed E-state index contributed by atoms with van der Waals surface area (Å²) in [6.45, 7) is 3.16. The predicted octanol–water partition coefficient (Wildman–Crippen LogP) is 5.30. The molecule has 0 atom stereocenters. The Hall–Kier alpha value is -0.880. The lowest BCUT2D eigenvalue weighted by molar-refractivity contribution is -0.696. The van der Waals surface area contributed by atoms with Crippen LogP contribution in [-0.4, -0.2) is 30.8 Å². The Morgan fingerprint density at radius 1 is 0.750 bits per heavy atom.